The molecule has 2 fully saturated rings. The van der Waals surface area contributed by atoms with Crippen LogP contribution in [0.5, 0.6) is 0 Å². The first kappa shape index (κ1) is 13.7. The first-order chi connectivity index (χ1) is 8.35. The third-order valence-electron chi connectivity index (χ3n) is 4.02. The van der Waals surface area contributed by atoms with Gasteiger partial charge in [-0.1, -0.05) is 26.2 Å². The molecule has 2 heterocycles. The highest BCUT2D eigenvalue weighted by atomic mass is 32.2. The van der Waals surface area contributed by atoms with E-state index in [2.05, 4.69) is 24.0 Å². The summed E-state index contributed by atoms with van der Waals surface area (Å²) >= 11 is 2.06. The molecule has 0 amide bonds. The van der Waals surface area contributed by atoms with Gasteiger partial charge >= 0.3 is 0 Å². The lowest BCUT2D eigenvalue weighted by Gasteiger charge is -2.38. The van der Waals surface area contributed by atoms with Crippen LogP contribution in [0.15, 0.2) is 0 Å². The van der Waals surface area contributed by atoms with Gasteiger partial charge in [-0.3, -0.25) is 0 Å². The van der Waals surface area contributed by atoms with Gasteiger partial charge in [0.15, 0.2) is 0 Å². The summed E-state index contributed by atoms with van der Waals surface area (Å²) in [5.74, 6) is 2.52. The Hall–Kier alpha value is 0.270. The monoisotopic (exact) mass is 257 g/mol. The molecule has 1 spiro atoms. The fraction of sp³-hybridized carbons (Fsp3) is 1.00. The van der Waals surface area contributed by atoms with Gasteiger partial charge in [-0.2, -0.15) is 11.8 Å². The molecule has 0 aromatic rings. The fourth-order valence-electron chi connectivity index (χ4n) is 2.92. The maximum Gasteiger partial charge on any atom is 0.0795 e. The predicted molar refractivity (Wildman–Crippen MR) is 75.8 cm³/mol. The van der Waals surface area contributed by atoms with Gasteiger partial charge in [0.25, 0.3) is 0 Å². The van der Waals surface area contributed by atoms with Crippen LogP contribution in [0.3, 0.4) is 0 Å². The lowest BCUT2D eigenvalue weighted by molar-refractivity contribution is -0.0700. The molecular weight excluding hydrogens is 230 g/mol. The van der Waals surface area contributed by atoms with Crippen molar-refractivity contribution in [2.24, 2.45) is 0 Å². The summed E-state index contributed by atoms with van der Waals surface area (Å²) in [6, 6.07) is 0.712. The number of nitrogens with one attached hydrogen (secondary N) is 1. The highest BCUT2D eigenvalue weighted by Gasteiger charge is 2.40. The van der Waals surface area contributed by atoms with E-state index in [1.807, 2.05) is 0 Å². The molecule has 2 nitrogen and oxygen atoms in total. The average molecular weight is 257 g/mol. The zero-order chi connectivity index (χ0) is 12.0. The van der Waals surface area contributed by atoms with Crippen molar-refractivity contribution in [2.45, 2.75) is 63.5 Å². The summed E-state index contributed by atoms with van der Waals surface area (Å²) < 4.78 is 6.04. The smallest absolute Gasteiger partial charge is 0.0795 e. The van der Waals surface area contributed by atoms with Crippen molar-refractivity contribution in [3.63, 3.8) is 0 Å². The van der Waals surface area contributed by atoms with E-state index in [9.17, 15) is 0 Å². The Balaban J connectivity index is 1.63. The molecule has 3 heteroatoms. The van der Waals surface area contributed by atoms with Gasteiger partial charge in [0.1, 0.15) is 0 Å². The predicted octanol–water partition coefficient (Wildman–Crippen LogP) is 3.21. The average Bonchev–Trinajstić information content (AvgIpc) is 2.77. The van der Waals surface area contributed by atoms with Crippen molar-refractivity contribution in [1.29, 1.82) is 0 Å². The van der Waals surface area contributed by atoms with Crippen LogP contribution in [0, 0.1) is 0 Å². The zero-order valence-electron chi connectivity index (χ0n) is 11.2. The number of rotatable bonds is 6. The lowest BCUT2D eigenvalue weighted by Crippen LogP contribution is -2.47. The first-order valence-electron chi connectivity index (χ1n) is 7.30. The Kier molecular flexibility index (Phi) is 5.64. The molecule has 0 saturated carbocycles. The summed E-state index contributed by atoms with van der Waals surface area (Å²) in [6.45, 7) is 4.44. The Morgan fingerprint density at radius 2 is 2.29 bits per heavy atom. The molecule has 2 saturated heterocycles. The van der Waals surface area contributed by atoms with E-state index in [0.717, 1.165) is 6.61 Å². The minimum Gasteiger partial charge on any atom is -0.374 e. The summed E-state index contributed by atoms with van der Waals surface area (Å²) in [4.78, 5) is 0. The summed E-state index contributed by atoms with van der Waals surface area (Å²) in [6.07, 6.45) is 9.16. The maximum atomic E-state index is 6.04. The maximum absolute atomic E-state index is 6.04. The van der Waals surface area contributed by atoms with Crippen LogP contribution in [-0.2, 0) is 4.74 Å². The van der Waals surface area contributed by atoms with E-state index in [1.165, 1.54) is 63.0 Å². The first-order valence-corrected chi connectivity index (χ1v) is 8.45. The fourth-order valence-corrected chi connectivity index (χ4v) is 4.30. The van der Waals surface area contributed by atoms with Gasteiger partial charge in [0.05, 0.1) is 5.60 Å². The van der Waals surface area contributed by atoms with Crippen LogP contribution in [0.25, 0.3) is 0 Å². The Bertz CT molecular complexity index is 216. The highest BCUT2D eigenvalue weighted by molar-refractivity contribution is 7.99. The van der Waals surface area contributed by atoms with Crippen LogP contribution in [0.4, 0.5) is 0 Å². The highest BCUT2D eigenvalue weighted by Crippen LogP contribution is 2.38. The molecule has 0 aromatic heterocycles. The number of thioether (sulfide) groups is 1. The summed E-state index contributed by atoms with van der Waals surface area (Å²) in [5, 5.41) is 3.74. The Morgan fingerprint density at radius 1 is 1.35 bits per heavy atom. The van der Waals surface area contributed by atoms with E-state index in [0.29, 0.717) is 6.04 Å². The molecule has 2 aliphatic rings. The van der Waals surface area contributed by atoms with Gasteiger partial charge in [0.2, 0.25) is 0 Å². The number of hydrogen-bond donors (Lipinski definition) is 1. The molecule has 2 atom stereocenters. The summed E-state index contributed by atoms with van der Waals surface area (Å²) in [5.41, 5.74) is 0.240. The van der Waals surface area contributed by atoms with E-state index >= 15 is 0 Å². The van der Waals surface area contributed by atoms with Crippen molar-refractivity contribution < 1.29 is 4.74 Å². The number of unbranched alkanes of at least 4 members (excludes halogenated alkanes) is 3. The second-order valence-corrected chi connectivity index (χ2v) is 6.64. The van der Waals surface area contributed by atoms with Crippen molar-refractivity contribution in [3.8, 4) is 0 Å². The SMILES string of the molecule is CCCCCCNC1CCOC2(CCSC2)C1. The second-order valence-electron chi connectivity index (χ2n) is 5.54. The van der Waals surface area contributed by atoms with Gasteiger partial charge in [-0.25, -0.2) is 0 Å². The molecule has 17 heavy (non-hydrogen) atoms. The largest absolute Gasteiger partial charge is 0.374 e. The van der Waals surface area contributed by atoms with E-state index < -0.39 is 0 Å². The van der Waals surface area contributed by atoms with Crippen molar-refractivity contribution in [1.82, 2.24) is 5.32 Å². The van der Waals surface area contributed by atoms with Gasteiger partial charge in [-0.05, 0) is 38.0 Å². The molecule has 2 rings (SSSR count). The van der Waals surface area contributed by atoms with E-state index in [4.69, 9.17) is 4.74 Å². The van der Waals surface area contributed by atoms with Crippen molar-refractivity contribution >= 4 is 11.8 Å². The summed E-state index contributed by atoms with van der Waals surface area (Å²) in [7, 11) is 0. The van der Waals surface area contributed by atoms with Gasteiger partial charge in [0, 0.05) is 18.4 Å². The molecular formula is C14H27NOS. The molecule has 1 N–H and O–H groups in total. The zero-order valence-corrected chi connectivity index (χ0v) is 12.0. The minimum absolute atomic E-state index is 0.240. The third kappa shape index (κ3) is 4.15. The molecule has 0 aliphatic carbocycles. The number of hydrogen-bond acceptors (Lipinski definition) is 3. The molecule has 2 aliphatic heterocycles. The van der Waals surface area contributed by atoms with Crippen LogP contribution in [0.1, 0.15) is 51.9 Å². The molecule has 2 unspecified atom stereocenters. The quantitative estimate of drug-likeness (QED) is 0.738. The van der Waals surface area contributed by atoms with Crippen LogP contribution in [-0.4, -0.2) is 36.3 Å². The molecule has 100 valence electrons. The normalized spacial score (nSPS) is 33.4. The standard InChI is InChI=1S/C14H27NOS/c1-2-3-4-5-8-15-13-6-9-16-14(11-13)7-10-17-12-14/h13,15H,2-12H2,1H3. The molecule has 0 bridgehead atoms. The van der Waals surface area contributed by atoms with Crippen LogP contribution >= 0.6 is 11.8 Å². The van der Waals surface area contributed by atoms with Crippen LogP contribution in [0.2, 0.25) is 0 Å². The van der Waals surface area contributed by atoms with Crippen molar-refractivity contribution in [3.05, 3.63) is 0 Å². The Labute approximate surface area is 110 Å². The van der Waals surface area contributed by atoms with Crippen molar-refractivity contribution in [2.75, 3.05) is 24.7 Å². The van der Waals surface area contributed by atoms with Gasteiger partial charge < -0.3 is 10.1 Å². The van der Waals surface area contributed by atoms with E-state index in [-0.39, 0.29) is 5.60 Å². The molecule has 0 aromatic carbocycles. The topological polar surface area (TPSA) is 21.3 Å². The molecule has 0 radical (unpaired) electrons. The second kappa shape index (κ2) is 7.01. The lowest BCUT2D eigenvalue weighted by atomic mass is 9.90. The van der Waals surface area contributed by atoms with Gasteiger partial charge in [-0.15, -0.1) is 0 Å². The third-order valence-corrected chi connectivity index (χ3v) is 5.25. The number of ether oxygens (including phenoxy) is 1. The minimum atomic E-state index is 0.240. The van der Waals surface area contributed by atoms with Crippen LogP contribution < -0.4 is 5.32 Å². The Morgan fingerprint density at radius 3 is 3.06 bits per heavy atom. The van der Waals surface area contributed by atoms with E-state index in [1.54, 1.807) is 0 Å².